The van der Waals surface area contributed by atoms with E-state index in [1.807, 2.05) is 7.05 Å². The Kier molecular flexibility index (Phi) is 4.47. The fraction of sp³-hybridized carbons (Fsp3) is 0.538. The van der Waals surface area contributed by atoms with Gasteiger partial charge in [-0.1, -0.05) is 13.8 Å². The molecule has 15 heavy (non-hydrogen) atoms. The van der Waals surface area contributed by atoms with Crippen LogP contribution in [0.5, 0.6) is 0 Å². The molecule has 0 heterocycles. The van der Waals surface area contributed by atoms with Crippen LogP contribution in [0.2, 0.25) is 0 Å². The van der Waals surface area contributed by atoms with Crippen LogP contribution < -0.4 is 10.2 Å². The topological polar surface area (TPSA) is 15.3 Å². The van der Waals surface area contributed by atoms with Crippen molar-refractivity contribution in [2.75, 3.05) is 30.9 Å². The van der Waals surface area contributed by atoms with Crippen LogP contribution in [-0.4, -0.2) is 20.6 Å². The zero-order valence-corrected chi connectivity index (χ0v) is 10.2. The molecule has 1 rings (SSSR count). The third-order valence-corrected chi connectivity index (χ3v) is 2.64. The lowest BCUT2D eigenvalue weighted by atomic mass is 10.1. The zero-order chi connectivity index (χ0) is 11.3. The summed E-state index contributed by atoms with van der Waals surface area (Å²) in [7, 11) is 4.09. The van der Waals surface area contributed by atoms with Gasteiger partial charge in [-0.05, 0) is 36.6 Å². The summed E-state index contributed by atoms with van der Waals surface area (Å²) in [6.07, 6.45) is 1.24. The highest BCUT2D eigenvalue weighted by Gasteiger charge is 2.01. The summed E-state index contributed by atoms with van der Waals surface area (Å²) in [6, 6.07) is 8.54. The number of nitrogens with one attached hydrogen (secondary N) is 1. The molecule has 0 aliphatic rings. The number of anilines is 2. The van der Waals surface area contributed by atoms with Crippen molar-refractivity contribution in [3.8, 4) is 0 Å². The predicted octanol–water partition coefficient (Wildman–Crippen LogP) is 3.21. The first-order valence-electron chi connectivity index (χ1n) is 5.62. The quantitative estimate of drug-likeness (QED) is 0.796. The molecule has 2 nitrogen and oxygen atoms in total. The van der Waals surface area contributed by atoms with Gasteiger partial charge in [-0.2, -0.15) is 0 Å². The second-order valence-electron chi connectivity index (χ2n) is 4.40. The maximum atomic E-state index is 3.12. The van der Waals surface area contributed by atoms with Gasteiger partial charge in [0.15, 0.2) is 0 Å². The second kappa shape index (κ2) is 5.64. The summed E-state index contributed by atoms with van der Waals surface area (Å²) in [4.78, 5) is 2.31. The van der Waals surface area contributed by atoms with Crippen molar-refractivity contribution < 1.29 is 0 Å². The largest absolute Gasteiger partial charge is 0.388 e. The van der Waals surface area contributed by atoms with Crippen LogP contribution in [0.15, 0.2) is 24.3 Å². The highest BCUT2D eigenvalue weighted by Crippen LogP contribution is 2.17. The Hall–Kier alpha value is -1.18. The number of nitrogens with zero attached hydrogens (tertiary/aromatic N) is 1. The van der Waals surface area contributed by atoms with Gasteiger partial charge < -0.3 is 10.2 Å². The van der Waals surface area contributed by atoms with Gasteiger partial charge in [0.05, 0.1) is 0 Å². The van der Waals surface area contributed by atoms with E-state index in [4.69, 9.17) is 0 Å². The summed E-state index contributed by atoms with van der Waals surface area (Å²) in [5.41, 5.74) is 2.45. The van der Waals surface area contributed by atoms with Crippen molar-refractivity contribution in [3.63, 3.8) is 0 Å². The lowest BCUT2D eigenvalue weighted by Crippen LogP contribution is -2.19. The van der Waals surface area contributed by atoms with E-state index in [-0.39, 0.29) is 0 Å². The Morgan fingerprint density at radius 1 is 1.20 bits per heavy atom. The maximum absolute atomic E-state index is 3.12. The summed E-state index contributed by atoms with van der Waals surface area (Å²) in [5, 5.41) is 3.12. The first kappa shape index (κ1) is 11.9. The maximum Gasteiger partial charge on any atom is 0.0365 e. The van der Waals surface area contributed by atoms with Crippen LogP contribution in [0, 0.1) is 5.92 Å². The van der Waals surface area contributed by atoms with E-state index in [1.165, 1.54) is 12.1 Å². The highest BCUT2D eigenvalue weighted by atomic mass is 15.1. The highest BCUT2D eigenvalue weighted by molar-refractivity contribution is 5.54. The molecule has 0 aliphatic carbocycles. The van der Waals surface area contributed by atoms with Crippen LogP contribution in [0.3, 0.4) is 0 Å². The molecule has 0 radical (unpaired) electrons. The number of hydrogen-bond acceptors (Lipinski definition) is 2. The molecule has 1 aromatic carbocycles. The van der Waals surface area contributed by atoms with Crippen LogP contribution in [-0.2, 0) is 0 Å². The fourth-order valence-corrected chi connectivity index (χ4v) is 1.46. The van der Waals surface area contributed by atoms with Crippen LogP contribution in [0.1, 0.15) is 20.3 Å². The van der Waals surface area contributed by atoms with E-state index in [9.17, 15) is 0 Å². The van der Waals surface area contributed by atoms with Crippen LogP contribution in [0.25, 0.3) is 0 Å². The number of hydrogen-bond donors (Lipinski definition) is 1. The fourth-order valence-electron chi connectivity index (χ4n) is 1.46. The van der Waals surface area contributed by atoms with E-state index in [0.717, 1.165) is 18.2 Å². The Balaban J connectivity index is 2.54. The first-order valence-corrected chi connectivity index (χ1v) is 5.62. The standard InChI is InChI=1S/C13H22N2/c1-11(2)9-10-15(4)13-7-5-12(14-3)6-8-13/h5-8,11,14H,9-10H2,1-4H3. The van der Waals surface area contributed by atoms with Crippen LogP contribution >= 0.6 is 0 Å². The first-order chi connectivity index (χ1) is 7.13. The number of benzene rings is 1. The second-order valence-corrected chi connectivity index (χ2v) is 4.40. The van der Waals surface area contributed by atoms with Gasteiger partial charge >= 0.3 is 0 Å². The van der Waals surface area contributed by atoms with E-state index in [1.54, 1.807) is 0 Å². The van der Waals surface area contributed by atoms with Crippen molar-refractivity contribution in [1.82, 2.24) is 0 Å². The molecule has 0 unspecified atom stereocenters. The molecular formula is C13H22N2. The van der Waals surface area contributed by atoms with Crippen molar-refractivity contribution >= 4 is 11.4 Å². The molecule has 84 valence electrons. The predicted molar refractivity (Wildman–Crippen MR) is 68.7 cm³/mol. The smallest absolute Gasteiger partial charge is 0.0365 e. The van der Waals surface area contributed by atoms with Crippen molar-refractivity contribution in [1.29, 1.82) is 0 Å². The molecule has 1 aromatic rings. The van der Waals surface area contributed by atoms with Gasteiger partial charge in [-0.3, -0.25) is 0 Å². The van der Waals surface area contributed by atoms with Crippen molar-refractivity contribution in [2.24, 2.45) is 5.92 Å². The molecule has 1 N–H and O–H groups in total. The minimum absolute atomic E-state index is 0.768. The Morgan fingerprint density at radius 3 is 2.27 bits per heavy atom. The molecule has 0 atom stereocenters. The van der Waals surface area contributed by atoms with Gasteiger partial charge in [0.2, 0.25) is 0 Å². The Labute approximate surface area is 93.3 Å². The normalized spacial score (nSPS) is 10.5. The molecule has 0 aromatic heterocycles. The average molecular weight is 206 g/mol. The SMILES string of the molecule is CNc1ccc(N(C)CCC(C)C)cc1. The molecule has 2 heteroatoms. The summed E-state index contributed by atoms with van der Waals surface area (Å²) in [6.45, 7) is 5.65. The molecule has 0 aliphatic heterocycles. The molecule has 0 amide bonds. The lowest BCUT2D eigenvalue weighted by molar-refractivity contribution is 0.585. The van der Waals surface area contributed by atoms with E-state index >= 15 is 0 Å². The van der Waals surface area contributed by atoms with E-state index in [0.29, 0.717) is 0 Å². The zero-order valence-electron chi connectivity index (χ0n) is 10.2. The van der Waals surface area contributed by atoms with E-state index in [2.05, 4.69) is 55.4 Å². The molecule has 0 bridgehead atoms. The molecule has 0 spiro atoms. The minimum Gasteiger partial charge on any atom is -0.388 e. The minimum atomic E-state index is 0.768. The Bertz CT molecular complexity index is 277. The van der Waals surface area contributed by atoms with Gasteiger partial charge in [-0.15, -0.1) is 0 Å². The van der Waals surface area contributed by atoms with Gasteiger partial charge in [0.25, 0.3) is 0 Å². The van der Waals surface area contributed by atoms with Crippen molar-refractivity contribution in [2.45, 2.75) is 20.3 Å². The number of rotatable bonds is 5. The van der Waals surface area contributed by atoms with Gasteiger partial charge in [0, 0.05) is 32.0 Å². The summed E-state index contributed by atoms with van der Waals surface area (Å²) in [5.74, 6) is 0.768. The van der Waals surface area contributed by atoms with Gasteiger partial charge in [0.1, 0.15) is 0 Å². The Morgan fingerprint density at radius 2 is 1.80 bits per heavy atom. The third-order valence-electron chi connectivity index (χ3n) is 2.64. The van der Waals surface area contributed by atoms with Crippen LogP contribution in [0.4, 0.5) is 11.4 Å². The molecule has 0 saturated carbocycles. The molecule has 0 saturated heterocycles. The van der Waals surface area contributed by atoms with E-state index < -0.39 is 0 Å². The summed E-state index contributed by atoms with van der Waals surface area (Å²) >= 11 is 0. The molecular weight excluding hydrogens is 184 g/mol. The third kappa shape index (κ3) is 3.82. The van der Waals surface area contributed by atoms with Gasteiger partial charge in [-0.25, -0.2) is 0 Å². The monoisotopic (exact) mass is 206 g/mol. The summed E-state index contributed by atoms with van der Waals surface area (Å²) < 4.78 is 0. The lowest BCUT2D eigenvalue weighted by Gasteiger charge is -2.20. The molecule has 0 fully saturated rings. The van der Waals surface area contributed by atoms with Crippen molar-refractivity contribution in [3.05, 3.63) is 24.3 Å². The average Bonchev–Trinajstić information content (AvgIpc) is 2.26.